The van der Waals surface area contributed by atoms with Crippen LogP contribution in [0.4, 0.5) is 0 Å². The van der Waals surface area contributed by atoms with Gasteiger partial charge in [0.1, 0.15) is 6.04 Å². The molecule has 0 radical (unpaired) electrons. The highest BCUT2D eigenvalue weighted by molar-refractivity contribution is 5.73. The number of likely N-dealkylation sites (tertiary alicyclic amines) is 1. The molecule has 4 nitrogen and oxygen atoms in total. The number of aliphatic carboxylic acids is 1. The van der Waals surface area contributed by atoms with Crippen LogP contribution >= 0.6 is 0 Å². The summed E-state index contributed by atoms with van der Waals surface area (Å²) < 4.78 is 0. The maximum absolute atomic E-state index is 11.2. The van der Waals surface area contributed by atoms with Gasteiger partial charge in [0.2, 0.25) is 0 Å². The lowest BCUT2D eigenvalue weighted by molar-refractivity contribution is -0.140. The molecule has 0 aromatic heterocycles. The largest absolute Gasteiger partial charge is 0.480 e. The van der Waals surface area contributed by atoms with E-state index in [9.17, 15) is 9.90 Å². The van der Waals surface area contributed by atoms with Gasteiger partial charge in [-0.1, -0.05) is 20.8 Å². The Labute approximate surface area is 111 Å². The lowest BCUT2D eigenvalue weighted by atomic mass is 10.0. The minimum absolute atomic E-state index is 0.137. The minimum Gasteiger partial charge on any atom is -0.480 e. The molecule has 0 saturated carbocycles. The normalized spacial score (nSPS) is 23.9. The van der Waals surface area contributed by atoms with Crippen molar-refractivity contribution in [2.75, 3.05) is 19.6 Å². The molecule has 2 atom stereocenters. The predicted octanol–water partition coefficient (Wildman–Crippen LogP) is 1.95. The molecule has 1 fully saturated rings. The van der Waals surface area contributed by atoms with Gasteiger partial charge in [0.05, 0.1) is 0 Å². The summed E-state index contributed by atoms with van der Waals surface area (Å²) in [6, 6.07) is -0.0527. The molecule has 1 aliphatic rings. The zero-order chi connectivity index (χ0) is 13.5. The van der Waals surface area contributed by atoms with Gasteiger partial charge in [-0.15, -0.1) is 0 Å². The summed E-state index contributed by atoms with van der Waals surface area (Å²) >= 11 is 0. The average molecular weight is 256 g/mol. The molecule has 1 rings (SSSR count). The monoisotopic (exact) mass is 256 g/mol. The van der Waals surface area contributed by atoms with Crippen LogP contribution in [0.5, 0.6) is 0 Å². The van der Waals surface area contributed by atoms with Crippen molar-refractivity contribution >= 4 is 5.97 Å². The van der Waals surface area contributed by atoms with E-state index in [-0.39, 0.29) is 5.92 Å². The molecular weight excluding hydrogens is 228 g/mol. The quantitative estimate of drug-likeness (QED) is 0.762. The molecule has 2 N–H and O–H groups in total. The third kappa shape index (κ3) is 4.94. The van der Waals surface area contributed by atoms with Crippen LogP contribution in [0.1, 0.15) is 46.5 Å². The highest BCUT2D eigenvalue weighted by atomic mass is 16.4. The number of carboxylic acid groups (broad SMARTS) is 1. The Bertz CT molecular complexity index is 256. The van der Waals surface area contributed by atoms with Crippen LogP contribution in [0.2, 0.25) is 0 Å². The molecule has 0 aliphatic carbocycles. The van der Waals surface area contributed by atoms with Crippen molar-refractivity contribution in [3.63, 3.8) is 0 Å². The number of carbonyl (C=O) groups is 1. The molecule has 4 heteroatoms. The van der Waals surface area contributed by atoms with E-state index >= 15 is 0 Å². The fraction of sp³-hybridized carbons (Fsp3) is 0.929. The lowest BCUT2D eigenvalue weighted by Gasteiger charge is -2.25. The second kappa shape index (κ2) is 7.74. The van der Waals surface area contributed by atoms with Gasteiger partial charge in [-0.2, -0.15) is 0 Å². The lowest BCUT2D eigenvalue weighted by Crippen LogP contribution is -2.46. The summed E-state index contributed by atoms with van der Waals surface area (Å²) in [7, 11) is 0. The van der Waals surface area contributed by atoms with Gasteiger partial charge < -0.3 is 15.3 Å². The van der Waals surface area contributed by atoms with Crippen LogP contribution in [-0.4, -0.2) is 47.7 Å². The van der Waals surface area contributed by atoms with Crippen molar-refractivity contribution in [1.29, 1.82) is 0 Å². The Hall–Kier alpha value is -0.610. The Balaban J connectivity index is 2.45. The van der Waals surface area contributed by atoms with E-state index in [4.69, 9.17) is 0 Å². The highest BCUT2D eigenvalue weighted by Gasteiger charge is 2.25. The van der Waals surface area contributed by atoms with E-state index in [1.165, 1.54) is 19.4 Å². The van der Waals surface area contributed by atoms with Gasteiger partial charge in [0.25, 0.3) is 0 Å². The first-order valence-corrected chi connectivity index (χ1v) is 7.25. The number of rotatable bonds is 6. The van der Waals surface area contributed by atoms with Crippen LogP contribution in [0.15, 0.2) is 0 Å². The number of nitrogens with zero attached hydrogens (tertiary/aromatic N) is 1. The predicted molar refractivity (Wildman–Crippen MR) is 73.8 cm³/mol. The number of carboxylic acids is 1. The second-order valence-electron chi connectivity index (χ2n) is 5.70. The van der Waals surface area contributed by atoms with Gasteiger partial charge >= 0.3 is 5.97 Å². The third-order valence-corrected chi connectivity index (χ3v) is 3.71. The van der Waals surface area contributed by atoms with Crippen LogP contribution in [-0.2, 0) is 4.79 Å². The molecule has 0 spiro atoms. The topological polar surface area (TPSA) is 52.6 Å². The molecule has 18 heavy (non-hydrogen) atoms. The first-order chi connectivity index (χ1) is 8.54. The Morgan fingerprint density at radius 3 is 2.67 bits per heavy atom. The van der Waals surface area contributed by atoms with Crippen molar-refractivity contribution < 1.29 is 9.90 Å². The van der Waals surface area contributed by atoms with Crippen LogP contribution in [0.3, 0.4) is 0 Å². The minimum atomic E-state index is -0.723. The third-order valence-electron chi connectivity index (χ3n) is 3.71. The standard InChI is InChI=1S/C14H28N2O2/c1-4-8-16-9-5-6-12(7-10-16)15-13(11(2)3)14(17)18/h11-13,15H,4-10H2,1-3H3,(H,17,18). The smallest absolute Gasteiger partial charge is 0.320 e. The molecule has 0 aromatic rings. The van der Waals surface area contributed by atoms with Crippen molar-refractivity contribution in [3.8, 4) is 0 Å². The Kier molecular flexibility index (Phi) is 6.65. The first-order valence-electron chi connectivity index (χ1n) is 7.25. The molecule has 1 aliphatic heterocycles. The SMILES string of the molecule is CCCN1CCCC(NC(C(=O)O)C(C)C)CC1. The molecule has 106 valence electrons. The number of hydrogen-bond donors (Lipinski definition) is 2. The Morgan fingerprint density at radius 1 is 1.39 bits per heavy atom. The second-order valence-corrected chi connectivity index (χ2v) is 5.70. The zero-order valence-electron chi connectivity index (χ0n) is 12.0. The number of nitrogens with one attached hydrogen (secondary N) is 1. The summed E-state index contributed by atoms with van der Waals surface area (Å²) in [6.07, 6.45) is 4.52. The molecule has 1 saturated heterocycles. The van der Waals surface area contributed by atoms with Crippen molar-refractivity contribution in [1.82, 2.24) is 10.2 Å². The summed E-state index contributed by atoms with van der Waals surface area (Å²) in [5.41, 5.74) is 0. The van der Waals surface area contributed by atoms with Crippen molar-refractivity contribution in [2.45, 2.75) is 58.5 Å². The van der Waals surface area contributed by atoms with Gasteiger partial charge in [-0.25, -0.2) is 0 Å². The molecule has 2 unspecified atom stereocenters. The van der Waals surface area contributed by atoms with Gasteiger partial charge in [-0.05, 0) is 51.2 Å². The van der Waals surface area contributed by atoms with E-state index in [0.29, 0.717) is 6.04 Å². The highest BCUT2D eigenvalue weighted by Crippen LogP contribution is 2.14. The Morgan fingerprint density at radius 2 is 2.11 bits per heavy atom. The first kappa shape index (κ1) is 15.4. The fourth-order valence-corrected chi connectivity index (χ4v) is 2.67. The van der Waals surface area contributed by atoms with Crippen LogP contribution in [0.25, 0.3) is 0 Å². The van der Waals surface area contributed by atoms with Gasteiger partial charge in [0, 0.05) is 6.04 Å². The van der Waals surface area contributed by atoms with Crippen molar-refractivity contribution in [3.05, 3.63) is 0 Å². The van der Waals surface area contributed by atoms with Crippen LogP contribution in [0, 0.1) is 5.92 Å². The molecule has 0 aromatic carbocycles. The van der Waals surface area contributed by atoms with E-state index in [2.05, 4.69) is 17.1 Å². The molecule has 1 heterocycles. The van der Waals surface area contributed by atoms with Crippen LogP contribution < -0.4 is 5.32 Å². The van der Waals surface area contributed by atoms with Crippen molar-refractivity contribution in [2.24, 2.45) is 5.92 Å². The van der Waals surface area contributed by atoms with Gasteiger partial charge in [0.15, 0.2) is 0 Å². The fourth-order valence-electron chi connectivity index (χ4n) is 2.67. The molecule has 0 bridgehead atoms. The van der Waals surface area contributed by atoms with E-state index in [1.807, 2.05) is 13.8 Å². The molecular formula is C14H28N2O2. The summed E-state index contributed by atoms with van der Waals surface area (Å²) in [5, 5.41) is 12.5. The van der Waals surface area contributed by atoms with E-state index in [0.717, 1.165) is 25.9 Å². The number of hydrogen-bond acceptors (Lipinski definition) is 3. The average Bonchev–Trinajstić information content (AvgIpc) is 2.51. The summed E-state index contributed by atoms with van der Waals surface area (Å²) in [4.78, 5) is 13.7. The summed E-state index contributed by atoms with van der Waals surface area (Å²) in [5.74, 6) is -0.586. The van der Waals surface area contributed by atoms with Gasteiger partial charge in [-0.3, -0.25) is 4.79 Å². The van der Waals surface area contributed by atoms with E-state index < -0.39 is 12.0 Å². The zero-order valence-corrected chi connectivity index (χ0v) is 12.0. The van der Waals surface area contributed by atoms with E-state index in [1.54, 1.807) is 0 Å². The maximum atomic E-state index is 11.2. The molecule has 0 amide bonds. The summed E-state index contributed by atoms with van der Waals surface area (Å²) in [6.45, 7) is 9.55. The maximum Gasteiger partial charge on any atom is 0.320 e.